The zero-order valence-corrected chi connectivity index (χ0v) is 11.5. The summed E-state index contributed by atoms with van der Waals surface area (Å²) in [5.74, 6) is 1.82. The molecule has 0 saturated carbocycles. The van der Waals surface area contributed by atoms with Crippen molar-refractivity contribution in [2.24, 2.45) is 0 Å². The van der Waals surface area contributed by atoms with Crippen molar-refractivity contribution in [1.29, 1.82) is 0 Å². The minimum absolute atomic E-state index is 0.126. The fraction of sp³-hybridized carbons (Fsp3) is 0.294. The van der Waals surface area contributed by atoms with Gasteiger partial charge in [0.05, 0.1) is 0 Å². The third-order valence-corrected chi connectivity index (χ3v) is 3.51. The van der Waals surface area contributed by atoms with Crippen LogP contribution in [-0.4, -0.2) is 13.9 Å². The van der Waals surface area contributed by atoms with Crippen LogP contribution in [0.2, 0.25) is 0 Å². The number of para-hydroxylation sites is 1. The molecule has 3 heteroatoms. The normalized spacial score (nSPS) is 17.1. The Kier molecular flexibility index (Phi) is 3.88. The number of aryl methyl sites for hydroxylation is 1. The van der Waals surface area contributed by atoms with E-state index >= 15 is 0 Å². The van der Waals surface area contributed by atoms with Crippen LogP contribution in [0.15, 0.2) is 48.5 Å². The summed E-state index contributed by atoms with van der Waals surface area (Å²) in [5.41, 5.74) is 2.48. The van der Waals surface area contributed by atoms with Gasteiger partial charge in [0.2, 0.25) is 0 Å². The van der Waals surface area contributed by atoms with E-state index in [4.69, 9.17) is 14.2 Å². The molecule has 0 spiro atoms. The molecule has 2 aromatic carbocycles. The Hall–Kier alpha value is -2.00. The van der Waals surface area contributed by atoms with Gasteiger partial charge in [-0.1, -0.05) is 30.3 Å². The lowest BCUT2D eigenvalue weighted by Crippen LogP contribution is -2.14. The van der Waals surface area contributed by atoms with Gasteiger partial charge in [-0.05, 0) is 42.2 Å². The molecule has 2 aromatic rings. The zero-order chi connectivity index (χ0) is 13.8. The first-order valence-electron chi connectivity index (χ1n) is 6.83. The summed E-state index contributed by atoms with van der Waals surface area (Å²) >= 11 is 0. The third-order valence-electron chi connectivity index (χ3n) is 3.51. The Balaban J connectivity index is 1.71. The van der Waals surface area contributed by atoms with E-state index in [9.17, 15) is 0 Å². The van der Waals surface area contributed by atoms with Gasteiger partial charge in [0.25, 0.3) is 0 Å². The van der Waals surface area contributed by atoms with Gasteiger partial charge >= 0.3 is 0 Å². The highest BCUT2D eigenvalue weighted by Crippen LogP contribution is 2.34. The number of benzene rings is 2. The monoisotopic (exact) mass is 270 g/mol. The van der Waals surface area contributed by atoms with Crippen LogP contribution in [0.5, 0.6) is 11.5 Å². The third kappa shape index (κ3) is 2.78. The summed E-state index contributed by atoms with van der Waals surface area (Å²) in [6.45, 7) is 0.270. The van der Waals surface area contributed by atoms with Gasteiger partial charge in [0.1, 0.15) is 17.6 Å². The maximum Gasteiger partial charge on any atom is 0.188 e. The maximum absolute atomic E-state index is 6.07. The van der Waals surface area contributed by atoms with Gasteiger partial charge in [0, 0.05) is 7.11 Å². The van der Waals surface area contributed by atoms with Gasteiger partial charge in [-0.15, -0.1) is 0 Å². The summed E-state index contributed by atoms with van der Waals surface area (Å²) in [4.78, 5) is 0. The van der Waals surface area contributed by atoms with E-state index < -0.39 is 0 Å². The van der Waals surface area contributed by atoms with E-state index in [-0.39, 0.29) is 12.9 Å². The molecule has 0 fully saturated rings. The standard InChI is InChI=1S/C17H18O3/c1-18-12-19-15-9-6-14(7-10-15)17-11-8-13-4-2-3-5-16(13)20-17/h2-7,9-10,17H,8,11-12H2,1H3. The summed E-state index contributed by atoms with van der Waals surface area (Å²) in [5, 5.41) is 0. The average molecular weight is 270 g/mol. The van der Waals surface area contributed by atoms with Crippen LogP contribution < -0.4 is 9.47 Å². The quantitative estimate of drug-likeness (QED) is 0.792. The maximum atomic E-state index is 6.07. The van der Waals surface area contributed by atoms with Crippen molar-refractivity contribution in [2.75, 3.05) is 13.9 Å². The summed E-state index contributed by atoms with van der Waals surface area (Å²) in [6, 6.07) is 16.3. The van der Waals surface area contributed by atoms with E-state index in [1.807, 2.05) is 24.3 Å². The largest absolute Gasteiger partial charge is 0.485 e. The summed E-state index contributed by atoms with van der Waals surface area (Å²) < 4.78 is 16.3. The first-order valence-corrected chi connectivity index (χ1v) is 6.83. The highest BCUT2D eigenvalue weighted by atomic mass is 16.7. The summed E-state index contributed by atoms with van der Waals surface area (Å²) in [6.07, 6.45) is 2.19. The molecule has 3 rings (SSSR count). The van der Waals surface area contributed by atoms with Gasteiger partial charge in [-0.3, -0.25) is 0 Å². The second-order valence-electron chi connectivity index (χ2n) is 4.87. The van der Waals surface area contributed by atoms with Crippen LogP contribution in [0.1, 0.15) is 23.7 Å². The lowest BCUT2D eigenvalue weighted by Gasteiger charge is -2.26. The molecule has 1 heterocycles. The fourth-order valence-corrected chi connectivity index (χ4v) is 2.46. The molecular weight excluding hydrogens is 252 g/mol. The van der Waals surface area contributed by atoms with E-state index in [0.717, 1.165) is 24.3 Å². The van der Waals surface area contributed by atoms with Crippen molar-refractivity contribution in [3.63, 3.8) is 0 Å². The highest BCUT2D eigenvalue weighted by Gasteiger charge is 2.20. The minimum atomic E-state index is 0.126. The van der Waals surface area contributed by atoms with E-state index in [1.54, 1.807) is 7.11 Å². The predicted octanol–water partition coefficient (Wildman–Crippen LogP) is 3.74. The van der Waals surface area contributed by atoms with E-state index in [2.05, 4.69) is 24.3 Å². The van der Waals surface area contributed by atoms with Crippen LogP contribution in [0.3, 0.4) is 0 Å². The van der Waals surface area contributed by atoms with Crippen LogP contribution >= 0.6 is 0 Å². The lowest BCUT2D eigenvalue weighted by atomic mass is 9.97. The van der Waals surface area contributed by atoms with E-state index in [0.29, 0.717) is 0 Å². The SMILES string of the molecule is COCOc1ccc(C2CCc3ccccc3O2)cc1. The van der Waals surface area contributed by atoms with Gasteiger partial charge in [-0.2, -0.15) is 0 Å². The number of rotatable bonds is 4. The van der Waals surface area contributed by atoms with Gasteiger partial charge in [0.15, 0.2) is 6.79 Å². The first-order chi connectivity index (χ1) is 9.86. The molecule has 0 saturated heterocycles. The second kappa shape index (κ2) is 5.97. The topological polar surface area (TPSA) is 27.7 Å². The number of hydrogen-bond donors (Lipinski definition) is 0. The Morgan fingerprint density at radius 3 is 2.70 bits per heavy atom. The molecule has 0 radical (unpaired) electrons. The van der Waals surface area contributed by atoms with Crippen molar-refractivity contribution < 1.29 is 14.2 Å². The average Bonchev–Trinajstić information content (AvgIpc) is 2.53. The molecule has 0 N–H and O–H groups in total. The number of fused-ring (bicyclic) bond motifs is 1. The fourth-order valence-electron chi connectivity index (χ4n) is 2.46. The van der Waals surface area contributed by atoms with Crippen LogP contribution in [0, 0.1) is 0 Å². The number of hydrogen-bond acceptors (Lipinski definition) is 3. The molecule has 1 aliphatic heterocycles. The molecule has 1 aliphatic rings. The Morgan fingerprint density at radius 2 is 1.90 bits per heavy atom. The molecule has 0 amide bonds. The zero-order valence-electron chi connectivity index (χ0n) is 11.5. The van der Waals surface area contributed by atoms with Crippen molar-refractivity contribution in [2.45, 2.75) is 18.9 Å². The van der Waals surface area contributed by atoms with Crippen molar-refractivity contribution in [3.05, 3.63) is 59.7 Å². The van der Waals surface area contributed by atoms with Gasteiger partial charge < -0.3 is 14.2 Å². The molecule has 0 bridgehead atoms. The lowest BCUT2D eigenvalue weighted by molar-refractivity contribution is 0.0511. The van der Waals surface area contributed by atoms with Crippen molar-refractivity contribution >= 4 is 0 Å². The smallest absolute Gasteiger partial charge is 0.188 e. The van der Waals surface area contributed by atoms with Gasteiger partial charge in [-0.25, -0.2) is 0 Å². The minimum Gasteiger partial charge on any atom is -0.485 e. The molecular formula is C17H18O3. The first kappa shape index (κ1) is 13.0. The highest BCUT2D eigenvalue weighted by molar-refractivity contribution is 5.37. The van der Waals surface area contributed by atoms with Crippen LogP contribution in [-0.2, 0) is 11.2 Å². The molecule has 104 valence electrons. The molecule has 0 aliphatic carbocycles. The summed E-state index contributed by atoms with van der Waals surface area (Å²) in [7, 11) is 1.61. The van der Waals surface area contributed by atoms with Crippen molar-refractivity contribution in [3.8, 4) is 11.5 Å². The number of ether oxygens (including phenoxy) is 3. The molecule has 1 atom stereocenters. The number of methoxy groups -OCH3 is 1. The molecule has 20 heavy (non-hydrogen) atoms. The Morgan fingerprint density at radius 1 is 1.10 bits per heavy atom. The molecule has 1 unspecified atom stereocenters. The van der Waals surface area contributed by atoms with E-state index in [1.165, 1.54) is 11.1 Å². The Bertz CT molecular complexity index is 563. The predicted molar refractivity (Wildman–Crippen MR) is 77.1 cm³/mol. The molecule has 3 nitrogen and oxygen atoms in total. The molecule has 0 aromatic heterocycles. The Labute approximate surface area is 119 Å². The van der Waals surface area contributed by atoms with Crippen LogP contribution in [0.25, 0.3) is 0 Å². The second-order valence-corrected chi connectivity index (χ2v) is 4.87. The van der Waals surface area contributed by atoms with Crippen molar-refractivity contribution in [1.82, 2.24) is 0 Å². The van der Waals surface area contributed by atoms with Crippen LogP contribution in [0.4, 0.5) is 0 Å².